The molecule has 0 saturated carbocycles. The second kappa shape index (κ2) is 9.96. The quantitative estimate of drug-likeness (QED) is 0.687. The van der Waals surface area contributed by atoms with Crippen LogP contribution in [0.25, 0.3) is 0 Å². The van der Waals surface area contributed by atoms with E-state index in [1.807, 2.05) is 48.5 Å². The van der Waals surface area contributed by atoms with Gasteiger partial charge in [-0.25, -0.2) is 4.79 Å². The van der Waals surface area contributed by atoms with Gasteiger partial charge < -0.3 is 19.5 Å². The van der Waals surface area contributed by atoms with Crippen LogP contribution in [0.4, 0.5) is 0 Å². The summed E-state index contributed by atoms with van der Waals surface area (Å²) in [5, 5.41) is 2.74. The van der Waals surface area contributed by atoms with Crippen LogP contribution >= 0.6 is 0 Å². The first kappa shape index (κ1) is 22.3. The van der Waals surface area contributed by atoms with E-state index in [0.717, 1.165) is 5.56 Å². The predicted molar refractivity (Wildman–Crippen MR) is 111 cm³/mol. The lowest BCUT2D eigenvalue weighted by atomic mass is 9.87. The van der Waals surface area contributed by atoms with E-state index in [4.69, 9.17) is 14.2 Å². The first-order valence-electron chi connectivity index (χ1n) is 9.53. The highest BCUT2D eigenvalue weighted by molar-refractivity contribution is 5.83. The number of amides is 1. The summed E-state index contributed by atoms with van der Waals surface area (Å²) in [7, 11) is 1.57. The first-order valence-corrected chi connectivity index (χ1v) is 9.53. The van der Waals surface area contributed by atoms with Crippen LogP contribution in [0.5, 0.6) is 11.5 Å². The van der Waals surface area contributed by atoms with Crippen LogP contribution in [0.2, 0.25) is 0 Å². The van der Waals surface area contributed by atoms with Crippen LogP contribution in [-0.4, -0.2) is 31.7 Å². The van der Waals surface area contributed by atoms with Gasteiger partial charge in [-0.05, 0) is 36.1 Å². The minimum Gasteiger partial charge on any atom is -0.496 e. The van der Waals surface area contributed by atoms with Gasteiger partial charge >= 0.3 is 5.97 Å². The fourth-order valence-electron chi connectivity index (χ4n) is 2.65. The summed E-state index contributed by atoms with van der Waals surface area (Å²) in [5.41, 5.74) is 2.06. The summed E-state index contributed by atoms with van der Waals surface area (Å²) in [6, 6.07) is 15.0. The van der Waals surface area contributed by atoms with Gasteiger partial charge in [-0.15, -0.1) is 0 Å². The first-order chi connectivity index (χ1) is 13.7. The Kier molecular flexibility index (Phi) is 7.65. The maximum atomic E-state index is 12.2. The summed E-state index contributed by atoms with van der Waals surface area (Å²) in [6.07, 6.45) is -0.927. The van der Waals surface area contributed by atoms with E-state index < -0.39 is 18.0 Å². The second-order valence-corrected chi connectivity index (χ2v) is 7.72. The number of para-hydroxylation sites is 1. The molecular formula is C23H29NO5. The van der Waals surface area contributed by atoms with Gasteiger partial charge in [0.15, 0.2) is 12.7 Å². The number of hydrogen-bond acceptors (Lipinski definition) is 5. The van der Waals surface area contributed by atoms with E-state index >= 15 is 0 Å². The zero-order valence-corrected chi connectivity index (χ0v) is 17.7. The largest absolute Gasteiger partial charge is 0.496 e. The third-order valence-electron chi connectivity index (χ3n) is 4.40. The van der Waals surface area contributed by atoms with Crippen LogP contribution in [0.1, 0.15) is 38.8 Å². The molecule has 0 aliphatic rings. The molecule has 1 amide bonds. The molecule has 0 heterocycles. The number of carbonyl (C=O) groups is 2. The van der Waals surface area contributed by atoms with Gasteiger partial charge in [-0.3, -0.25) is 4.79 Å². The lowest BCUT2D eigenvalue weighted by Crippen LogP contribution is -2.36. The molecule has 29 heavy (non-hydrogen) atoms. The third kappa shape index (κ3) is 6.82. The van der Waals surface area contributed by atoms with Crippen molar-refractivity contribution in [3.63, 3.8) is 0 Å². The Morgan fingerprint density at radius 3 is 2.31 bits per heavy atom. The Balaban J connectivity index is 1.78. The standard InChI is InChI=1S/C23H29NO5/c1-16(22(26)24-14-17-8-6-7-9-20(17)27-5)29-21(25)15-28-19-12-10-18(11-13-19)23(2,3)4/h6-13,16H,14-15H2,1-5H3,(H,24,26). The summed E-state index contributed by atoms with van der Waals surface area (Å²) in [4.78, 5) is 24.2. The molecule has 6 nitrogen and oxygen atoms in total. The Morgan fingerprint density at radius 1 is 1.03 bits per heavy atom. The predicted octanol–water partition coefficient (Wildman–Crippen LogP) is 3.62. The topological polar surface area (TPSA) is 73.9 Å². The Morgan fingerprint density at radius 2 is 1.69 bits per heavy atom. The van der Waals surface area contributed by atoms with Crippen molar-refractivity contribution < 1.29 is 23.8 Å². The minimum absolute atomic E-state index is 0.0457. The SMILES string of the molecule is COc1ccccc1CNC(=O)C(C)OC(=O)COc1ccc(C(C)(C)C)cc1. The zero-order valence-electron chi connectivity index (χ0n) is 17.7. The Bertz CT molecular complexity index is 824. The molecule has 0 aromatic heterocycles. The number of carbonyl (C=O) groups excluding carboxylic acids is 2. The molecule has 0 radical (unpaired) electrons. The summed E-state index contributed by atoms with van der Waals surface area (Å²) in [6.45, 7) is 7.91. The van der Waals surface area contributed by atoms with Crippen molar-refractivity contribution in [2.75, 3.05) is 13.7 Å². The van der Waals surface area contributed by atoms with Gasteiger partial charge in [0.2, 0.25) is 0 Å². The van der Waals surface area contributed by atoms with Gasteiger partial charge in [0, 0.05) is 12.1 Å². The number of methoxy groups -OCH3 is 1. The normalized spacial score (nSPS) is 12.0. The lowest BCUT2D eigenvalue weighted by molar-refractivity contribution is -0.156. The monoisotopic (exact) mass is 399 g/mol. The smallest absolute Gasteiger partial charge is 0.344 e. The van der Waals surface area contributed by atoms with Gasteiger partial charge in [0.25, 0.3) is 5.91 Å². The van der Waals surface area contributed by atoms with Crippen LogP contribution < -0.4 is 14.8 Å². The molecule has 0 saturated heterocycles. The van der Waals surface area contributed by atoms with Crippen molar-refractivity contribution in [1.29, 1.82) is 0 Å². The fraction of sp³-hybridized carbons (Fsp3) is 0.391. The van der Waals surface area contributed by atoms with Crippen molar-refractivity contribution in [2.24, 2.45) is 0 Å². The molecule has 2 rings (SSSR count). The van der Waals surface area contributed by atoms with Gasteiger partial charge in [0.1, 0.15) is 11.5 Å². The average molecular weight is 399 g/mol. The lowest BCUT2D eigenvalue weighted by Gasteiger charge is -2.19. The molecule has 1 unspecified atom stereocenters. The van der Waals surface area contributed by atoms with E-state index in [1.54, 1.807) is 7.11 Å². The number of benzene rings is 2. The molecule has 6 heteroatoms. The number of nitrogens with one attached hydrogen (secondary N) is 1. The van der Waals surface area contributed by atoms with Gasteiger partial charge in [-0.2, -0.15) is 0 Å². The van der Waals surface area contributed by atoms with Crippen LogP contribution in [0, 0.1) is 0 Å². The molecule has 0 aliphatic heterocycles. The maximum absolute atomic E-state index is 12.2. The third-order valence-corrected chi connectivity index (χ3v) is 4.40. The highest BCUT2D eigenvalue weighted by Crippen LogP contribution is 2.24. The van der Waals surface area contributed by atoms with Crippen molar-refractivity contribution >= 4 is 11.9 Å². The number of ether oxygens (including phenoxy) is 3. The molecule has 0 fully saturated rings. The molecule has 1 N–H and O–H groups in total. The molecule has 156 valence electrons. The number of hydrogen-bond donors (Lipinski definition) is 1. The van der Waals surface area contributed by atoms with Crippen LogP contribution in [0.15, 0.2) is 48.5 Å². The molecule has 1 atom stereocenters. The molecule has 0 aliphatic carbocycles. The maximum Gasteiger partial charge on any atom is 0.344 e. The summed E-state index contributed by atoms with van der Waals surface area (Å²) in [5.74, 6) is 0.259. The van der Waals surface area contributed by atoms with E-state index in [9.17, 15) is 9.59 Å². The van der Waals surface area contributed by atoms with E-state index in [-0.39, 0.29) is 18.6 Å². The molecule has 0 spiro atoms. The molecule has 0 bridgehead atoms. The fourth-order valence-corrected chi connectivity index (χ4v) is 2.65. The van der Waals surface area contributed by atoms with E-state index in [0.29, 0.717) is 11.5 Å². The number of rotatable bonds is 8. The summed E-state index contributed by atoms with van der Waals surface area (Å²) < 4.78 is 15.9. The molecule has 2 aromatic carbocycles. The second-order valence-electron chi connectivity index (χ2n) is 7.72. The Hall–Kier alpha value is -3.02. The minimum atomic E-state index is -0.927. The average Bonchev–Trinajstić information content (AvgIpc) is 2.70. The van der Waals surface area contributed by atoms with Gasteiger partial charge in [0.05, 0.1) is 7.11 Å². The molecule has 2 aromatic rings. The Labute approximate surface area is 172 Å². The zero-order chi connectivity index (χ0) is 21.4. The number of esters is 1. The van der Waals surface area contributed by atoms with E-state index in [2.05, 4.69) is 26.1 Å². The van der Waals surface area contributed by atoms with E-state index in [1.165, 1.54) is 12.5 Å². The van der Waals surface area contributed by atoms with Crippen LogP contribution in [-0.2, 0) is 26.3 Å². The van der Waals surface area contributed by atoms with Crippen LogP contribution in [0.3, 0.4) is 0 Å². The highest BCUT2D eigenvalue weighted by atomic mass is 16.6. The van der Waals surface area contributed by atoms with Crippen molar-refractivity contribution in [3.05, 3.63) is 59.7 Å². The highest BCUT2D eigenvalue weighted by Gasteiger charge is 2.19. The van der Waals surface area contributed by atoms with Gasteiger partial charge in [-0.1, -0.05) is 51.1 Å². The van der Waals surface area contributed by atoms with Crippen molar-refractivity contribution in [3.8, 4) is 11.5 Å². The molecular weight excluding hydrogens is 370 g/mol. The van der Waals surface area contributed by atoms with Crippen molar-refractivity contribution in [1.82, 2.24) is 5.32 Å². The van der Waals surface area contributed by atoms with Crippen molar-refractivity contribution in [2.45, 2.75) is 45.8 Å². The summed E-state index contributed by atoms with van der Waals surface area (Å²) >= 11 is 0.